The molecule has 0 saturated carbocycles. The van der Waals surface area contributed by atoms with Crippen LogP contribution in [0.25, 0.3) is 5.65 Å². The van der Waals surface area contributed by atoms with Crippen LogP contribution in [-0.2, 0) is 11.3 Å². The maximum atomic E-state index is 12.2. The molecule has 0 saturated heterocycles. The van der Waals surface area contributed by atoms with Gasteiger partial charge in [-0.25, -0.2) is 9.78 Å². The number of benzene rings is 1. The van der Waals surface area contributed by atoms with E-state index in [1.807, 2.05) is 6.92 Å². The fourth-order valence-electron chi connectivity index (χ4n) is 2.33. The summed E-state index contributed by atoms with van der Waals surface area (Å²) in [6.45, 7) is 1.59. The number of rotatable bonds is 4. The molecule has 3 aromatic rings. The van der Waals surface area contributed by atoms with Gasteiger partial charge in [0.25, 0.3) is 11.2 Å². The second-order valence-corrected chi connectivity index (χ2v) is 5.92. The number of nitro benzene ring substituents is 1. The predicted molar refractivity (Wildman–Crippen MR) is 93.4 cm³/mol. The molecule has 8 nitrogen and oxygen atoms in total. The number of non-ortho nitro benzene ring substituents is 1. The Kier molecular flexibility index (Phi) is 4.68. The third-order valence-corrected chi connectivity index (χ3v) is 3.92. The molecule has 0 aliphatic carbocycles. The molecule has 1 aromatic carbocycles. The SMILES string of the molecule is Cc1ccc2nc(COC(=O)c3cc([N+](=O)[O-])ccc3Cl)cc(=O)n2c1. The van der Waals surface area contributed by atoms with Gasteiger partial charge in [0.1, 0.15) is 12.3 Å². The fraction of sp³-hybridized carbons (Fsp3) is 0.118. The highest BCUT2D eigenvalue weighted by Crippen LogP contribution is 2.23. The molecular weight excluding hydrogens is 362 g/mol. The van der Waals surface area contributed by atoms with E-state index in [1.54, 1.807) is 18.3 Å². The van der Waals surface area contributed by atoms with Gasteiger partial charge in [-0.3, -0.25) is 19.3 Å². The van der Waals surface area contributed by atoms with Gasteiger partial charge < -0.3 is 4.74 Å². The van der Waals surface area contributed by atoms with Crippen LogP contribution in [0.3, 0.4) is 0 Å². The van der Waals surface area contributed by atoms with Crippen molar-refractivity contribution in [2.75, 3.05) is 0 Å². The molecule has 132 valence electrons. The van der Waals surface area contributed by atoms with Crippen LogP contribution >= 0.6 is 11.6 Å². The first kappa shape index (κ1) is 17.6. The van der Waals surface area contributed by atoms with E-state index < -0.39 is 10.9 Å². The Morgan fingerprint density at radius 3 is 2.81 bits per heavy atom. The second kappa shape index (κ2) is 6.93. The van der Waals surface area contributed by atoms with Crippen LogP contribution in [0.2, 0.25) is 5.02 Å². The van der Waals surface area contributed by atoms with E-state index in [4.69, 9.17) is 16.3 Å². The molecule has 0 fully saturated rings. The zero-order valence-electron chi connectivity index (χ0n) is 13.5. The van der Waals surface area contributed by atoms with Crippen molar-refractivity contribution in [2.24, 2.45) is 0 Å². The molecule has 0 unspecified atom stereocenters. The quantitative estimate of drug-likeness (QED) is 0.395. The summed E-state index contributed by atoms with van der Waals surface area (Å²) in [5.41, 5.74) is 0.864. The van der Waals surface area contributed by atoms with Crippen molar-refractivity contribution < 1.29 is 14.5 Å². The molecule has 3 rings (SSSR count). The smallest absolute Gasteiger partial charge is 0.340 e. The predicted octanol–water partition coefficient (Wildman–Crippen LogP) is 2.92. The number of aryl methyl sites for hydroxylation is 1. The summed E-state index contributed by atoms with van der Waals surface area (Å²) in [6.07, 6.45) is 1.66. The Bertz CT molecular complexity index is 1090. The summed E-state index contributed by atoms with van der Waals surface area (Å²) < 4.78 is 6.49. The fourth-order valence-corrected chi connectivity index (χ4v) is 2.53. The van der Waals surface area contributed by atoms with Crippen LogP contribution in [-0.4, -0.2) is 20.3 Å². The minimum Gasteiger partial charge on any atom is -0.456 e. The van der Waals surface area contributed by atoms with Gasteiger partial charge in [-0.1, -0.05) is 17.7 Å². The van der Waals surface area contributed by atoms with E-state index in [-0.39, 0.29) is 34.1 Å². The first-order valence-corrected chi connectivity index (χ1v) is 7.83. The van der Waals surface area contributed by atoms with Crippen molar-refractivity contribution in [3.8, 4) is 0 Å². The molecule has 0 N–H and O–H groups in total. The van der Waals surface area contributed by atoms with Crippen molar-refractivity contribution in [1.29, 1.82) is 0 Å². The van der Waals surface area contributed by atoms with Gasteiger partial charge in [0.15, 0.2) is 0 Å². The van der Waals surface area contributed by atoms with E-state index >= 15 is 0 Å². The number of hydrogen-bond acceptors (Lipinski definition) is 6. The summed E-state index contributed by atoms with van der Waals surface area (Å²) in [7, 11) is 0. The molecule has 0 radical (unpaired) electrons. The minimum atomic E-state index is -0.843. The Balaban J connectivity index is 1.83. The van der Waals surface area contributed by atoms with E-state index in [1.165, 1.54) is 22.6 Å². The molecule has 0 aliphatic rings. The molecule has 0 bridgehead atoms. The minimum absolute atomic E-state index is 0.0302. The van der Waals surface area contributed by atoms with E-state index in [0.717, 1.165) is 11.6 Å². The number of halogens is 1. The van der Waals surface area contributed by atoms with E-state index in [9.17, 15) is 19.7 Å². The third kappa shape index (κ3) is 3.55. The standard InChI is InChI=1S/C17H12ClN3O5/c1-10-2-5-15-19-11(6-16(22)20(15)8-10)9-26-17(23)13-7-12(21(24)25)3-4-14(13)18/h2-8H,9H2,1H3. The number of esters is 1. The molecular formula is C17H12ClN3O5. The van der Waals surface area contributed by atoms with E-state index in [0.29, 0.717) is 5.65 Å². The highest BCUT2D eigenvalue weighted by atomic mass is 35.5. The monoisotopic (exact) mass is 373 g/mol. The lowest BCUT2D eigenvalue weighted by Gasteiger charge is -2.07. The van der Waals surface area contributed by atoms with Crippen molar-refractivity contribution in [2.45, 2.75) is 13.5 Å². The summed E-state index contributed by atoms with van der Waals surface area (Å²) in [6, 6.07) is 8.22. The normalized spacial score (nSPS) is 10.7. The van der Waals surface area contributed by atoms with E-state index in [2.05, 4.69) is 4.98 Å². The molecule has 26 heavy (non-hydrogen) atoms. The number of ether oxygens (including phenoxy) is 1. The average molecular weight is 374 g/mol. The van der Waals surface area contributed by atoms with Crippen LogP contribution in [0.4, 0.5) is 5.69 Å². The van der Waals surface area contributed by atoms with Crippen LogP contribution in [0.5, 0.6) is 0 Å². The zero-order valence-corrected chi connectivity index (χ0v) is 14.3. The van der Waals surface area contributed by atoms with Gasteiger partial charge in [-0.15, -0.1) is 0 Å². The number of carbonyl (C=O) groups is 1. The molecule has 2 aromatic heterocycles. The van der Waals surface area contributed by atoms with Crippen LogP contribution in [0, 0.1) is 17.0 Å². The number of aromatic nitrogens is 2. The summed E-state index contributed by atoms with van der Waals surface area (Å²) in [5, 5.41) is 10.8. The number of nitro groups is 1. The number of fused-ring (bicyclic) bond motifs is 1. The lowest BCUT2D eigenvalue weighted by molar-refractivity contribution is -0.384. The Morgan fingerprint density at radius 2 is 2.08 bits per heavy atom. The Labute approximate surface area is 151 Å². The third-order valence-electron chi connectivity index (χ3n) is 3.59. The van der Waals surface area contributed by atoms with Crippen LogP contribution in [0.15, 0.2) is 47.4 Å². The van der Waals surface area contributed by atoms with Gasteiger partial charge in [0, 0.05) is 24.4 Å². The number of pyridine rings is 1. The zero-order chi connectivity index (χ0) is 18.8. The Morgan fingerprint density at radius 1 is 1.31 bits per heavy atom. The van der Waals surface area contributed by atoms with Crippen molar-refractivity contribution >= 4 is 28.9 Å². The summed E-state index contributed by atoms with van der Waals surface area (Å²) in [5.74, 6) is -0.843. The van der Waals surface area contributed by atoms with Crippen molar-refractivity contribution in [1.82, 2.24) is 9.38 Å². The summed E-state index contributed by atoms with van der Waals surface area (Å²) in [4.78, 5) is 38.7. The first-order valence-electron chi connectivity index (χ1n) is 7.45. The topological polar surface area (TPSA) is 104 Å². The molecule has 2 heterocycles. The average Bonchev–Trinajstić information content (AvgIpc) is 2.60. The van der Waals surface area contributed by atoms with Crippen LogP contribution in [0.1, 0.15) is 21.6 Å². The number of hydrogen-bond donors (Lipinski definition) is 0. The molecule has 9 heteroatoms. The molecule has 0 atom stereocenters. The van der Waals surface area contributed by atoms with Gasteiger partial charge >= 0.3 is 5.97 Å². The summed E-state index contributed by atoms with van der Waals surface area (Å²) >= 11 is 5.90. The van der Waals surface area contributed by atoms with Crippen molar-refractivity contribution in [3.05, 3.63) is 84.9 Å². The second-order valence-electron chi connectivity index (χ2n) is 5.52. The molecule has 0 aliphatic heterocycles. The van der Waals surface area contributed by atoms with Gasteiger partial charge in [0.05, 0.1) is 21.2 Å². The highest BCUT2D eigenvalue weighted by Gasteiger charge is 2.17. The maximum absolute atomic E-state index is 12.2. The maximum Gasteiger partial charge on any atom is 0.340 e. The van der Waals surface area contributed by atoms with Crippen LogP contribution < -0.4 is 5.56 Å². The highest BCUT2D eigenvalue weighted by molar-refractivity contribution is 6.33. The first-order chi connectivity index (χ1) is 12.3. The number of carbonyl (C=O) groups excluding carboxylic acids is 1. The lowest BCUT2D eigenvalue weighted by Crippen LogP contribution is -2.17. The van der Waals surface area contributed by atoms with Crippen molar-refractivity contribution in [3.63, 3.8) is 0 Å². The van der Waals surface area contributed by atoms with Gasteiger partial charge in [0.2, 0.25) is 0 Å². The lowest BCUT2D eigenvalue weighted by atomic mass is 10.2. The van der Waals surface area contributed by atoms with Gasteiger partial charge in [-0.05, 0) is 24.6 Å². The molecule has 0 amide bonds. The number of nitrogens with zero attached hydrogens (tertiary/aromatic N) is 3. The largest absolute Gasteiger partial charge is 0.456 e. The Hall–Kier alpha value is -3.26. The molecule has 0 spiro atoms. The van der Waals surface area contributed by atoms with Gasteiger partial charge in [-0.2, -0.15) is 0 Å².